The lowest BCUT2D eigenvalue weighted by atomic mass is 9.71. The number of carbonyl (C=O) groups is 2. The fourth-order valence-electron chi connectivity index (χ4n) is 5.12. The molecule has 1 N–H and O–H groups in total. The molecule has 0 saturated heterocycles. The van der Waals surface area contributed by atoms with Crippen molar-refractivity contribution >= 4 is 12.1 Å². The van der Waals surface area contributed by atoms with E-state index in [1.807, 2.05) is 0 Å². The largest absolute Gasteiger partial charge is 0.443 e. The summed E-state index contributed by atoms with van der Waals surface area (Å²) in [7, 11) is 0. The number of hydrogen-bond donors (Lipinski definition) is 1. The van der Waals surface area contributed by atoms with Gasteiger partial charge in [-0.2, -0.15) is 10.5 Å². The molecule has 2 aromatic rings. The summed E-state index contributed by atoms with van der Waals surface area (Å²) in [6.45, 7) is 7.40. The Kier molecular flexibility index (Phi) is 6.97. The summed E-state index contributed by atoms with van der Waals surface area (Å²) in [5.41, 5.74) is 1.38. The number of amides is 3. The summed E-state index contributed by atoms with van der Waals surface area (Å²) in [6.07, 6.45) is 2.35. The van der Waals surface area contributed by atoms with E-state index in [-0.39, 0.29) is 23.4 Å². The van der Waals surface area contributed by atoms with Crippen LogP contribution < -0.4 is 5.32 Å². The molecule has 0 aromatic heterocycles. The zero-order valence-electron chi connectivity index (χ0n) is 21.5. The van der Waals surface area contributed by atoms with Crippen LogP contribution in [0.3, 0.4) is 0 Å². The van der Waals surface area contributed by atoms with Gasteiger partial charge in [0.25, 0.3) is 0 Å². The number of rotatable bonds is 5. The number of carbonyl (C=O) groups excluding carboxylic acids is 2. The van der Waals surface area contributed by atoms with E-state index in [1.165, 1.54) is 17.0 Å². The number of hydrogen-bond acceptors (Lipinski definition) is 5. The number of urea groups is 1. The molecule has 1 spiro atoms. The third kappa shape index (κ3) is 5.44. The van der Waals surface area contributed by atoms with Gasteiger partial charge in [-0.15, -0.1) is 0 Å². The molecule has 2 aromatic carbocycles. The molecular weight excluding hydrogens is 471 g/mol. The Labute approximate surface area is 216 Å². The van der Waals surface area contributed by atoms with Gasteiger partial charge < -0.3 is 10.1 Å². The number of nitrogens with one attached hydrogen (secondary N) is 1. The first-order valence-corrected chi connectivity index (χ1v) is 12.5. The Bertz CT molecular complexity index is 1290. The summed E-state index contributed by atoms with van der Waals surface area (Å²) in [4.78, 5) is 27.4. The lowest BCUT2D eigenvalue weighted by Gasteiger charge is -2.38. The van der Waals surface area contributed by atoms with Crippen LogP contribution in [0.2, 0.25) is 0 Å². The molecule has 4 rings (SSSR count). The van der Waals surface area contributed by atoms with Crippen LogP contribution >= 0.6 is 0 Å². The second kappa shape index (κ2) is 9.86. The van der Waals surface area contributed by atoms with Gasteiger partial charge in [0.1, 0.15) is 23.5 Å². The molecule has 0 heterocycles. The highest BCUT2D eigenvalue weighted by atomic mass is 19.1. The molecule has 37 heavy (non-hydrogen) atoms. The van der Waals surface area contributed by atoms with Crippen LogP contribution in [0.5, 0.6) is 0 Å². The van der Waals surface area contributed by atoms with Crippen molar-refractivity contribution in [1.29, 1.82) is 10.5 Å². The lowest BCUT2D eigenvalue weighted by Crippen LogP contribution is -2.52. The molecule has 2 aliphatic carbocycles. The summed E-state index contributed by atoms with van der Waals surface area (Å²) < 4.78 is 19.5. The molecule has 3 unspecified atom stereocenters. The van der Waals surface area contributed by atoms with Crippen LogP contribution in [-0.4, -0.2) is 34.7 Å². The quantitative estimate of drug-likeness (QED) is 0.545. The second-order valence-electron chi connectivity index (χ2n) is 11.1. The summed E-state index contributed by atoms with van der Waals surface area (Å²) >= 11 is 0. The molecule has 2 fully saturated rings. The molecule has 192 valence electrons. The van der Waals surface area contributed by atoms with Crippen LogP contribution in [0.1, 0.15) is 58.1 Å². The molecule has 2 aliphatic rings. The maximum absolute atomic E-state index is 14.0. The maximum atomic E-state index is 14.0. The Morgan fingerprint density at radius 3 is 2.35 bits per heavy atom. The molecule has 7 nitrogen and oxygen atoms in total. The van der Waals surface area contributed by atoms with Crippen molar-refractivity contribution in [1.82, 2.24) is 10.2 Å². The third-order valence-electron chi connectivity index (χ3n) is 7.49. The van der Waals surface area contributed by atoms with Gasteiger partial charge in [-0.05, 0) is 80.2 Å². The van der Waals surface area contributed by atoms with E-state index in [0.717, 1.165) is 30.4 Å². The Balaban J connectivity index is 1.45. The molecule has 0 aliphatic heterocycles. The van der Waals surface area contributed by atoms with Crippen molar-refractivity contribution in [2.45, 2.75) is 71.1 Å². The predicted octanol–water partition coefficient (Wildman–Crippen LogP) is 5.93. The summed E-state index contributed by atoms with van der Waals surface area (Å²) in [6, 6.07) is 13.8. The average molecular weight is 503 g/mol. The van der Waals surface area contributed by atoms with Crippen molar-refractivity contribution in [3.8, 4) is 23.3 Å². The SMILES string of the molecule is CC1CCC12CC2N(C(=O)N[C@H](C#N)Cc1ccc(-c2ccc(C#N)c(F)c2)cc1)C(=O)OC(C)(C)C. The van der Waals surface area contributed by atoms with Gasteiger partial charge in [-0.1, -0.05) is 37.3 Å². The zero-order valence-corrected chi connectivity index (χ0v) is 21.5. The van der Waals surface area contributed by atoms with Crippen LogP contribution in [0.15, 0.2) is 42.5 Å². The van der Waals surface area contributed by atoms with Crippen LogP contribution in [0.4, 0.5) is 14.0 Å². The third-order valence-corrected chi connectivity index (χ3v) is 7.49. The highest BCUT2D eigenvalue weighted by molar-refractivity contribution is 5.92. The second-order valence-corrected chi connectivity index (χ2v) is 11.1. The number of nitriles is 2. The smallest absolute Gasteiger partial charge is 0.418 e. The van der Waals surface area contributed by atoms with Crippen LogP contribution in [0.25, 0.3) is 11.1 Å². The summed E-state index contributed by atoms with van der Waals surface area (Å²) in [5, 5.41) is 21.4. The molecule has 4 atom stereocenters. The highest BCUT2D eigenvalue weighted by Crippen LogP contribution is 2.66. The van der Waals surface area contributed by atoms with Crippen LogP contribution in [0, 0.1) is 39.8 Å². The normalized spacial score (nSPS) is 22.7. The maximum Gasteiger partial charge on any atom is 0.418 e. The van der Waals surface area contributed by atoms with E-state index in [9.17, 15) is 19.2 Å². The molecule has 0 bridgehead atoms. The van der Waals surface area contributed by atoms with Gasteiger partial charge in [-0.3, -0.25) is 0 Å². The van der Waals surface area contributed by atoms with Crippen LogP contribution in [-0.2, 0) is 11.2 Å². The minimum atomic E-state index is -0.857. The monoisotopic (exact) mass is 502 g/mol. The number of imide groups is 1. The van der Waals surface area contributed by atoms with E-state index in [0.29, 0.717) is 11.5 Å². The van der Waals surface area contributed by atoms with E-state index in [4.69, 9.17) is 10.00 Å². The van der Waals surface area contributed by atoms with Gasteiger partial charge in [-0.25, -0.2) is 18.9 Å². The van der Waals surface area contributed by atoms with E-state index >= 15 is 0 Å². The predicted molar refractivity (Wildman–Crippen MR) is 135 cm³/mol. The summed E-state index contributed by atoms with van der Waals surface area (Å²) in [5.74, 6) is -0.148. The Hall–Kier alpha value is -3.91. The van der Waals surface area contributed by atoms with Gasteiger partial charge >= 0.3 is 12.1 Å². The zero-order chi connectivity index (χ0) is 27.0. The minimum absolute atomic E-state index is 0.0164. The highest BCUT2D eigenvalue weighted by Gasteiger charge is 2.66. The average Bonchev–Trinajstić information content (AvgIpc) is 3.59. The standard InChI is InChI=1S/C29H31FN4O3/c1-18-11-12-29(18)15-25(29)34(27(36)37-28(2,3)4)26(35)33-23(17-32)13-19-5-7-20(8-6-19)21-9-10-22(16-31)24(30)14-21/h5-10,14,18,23,25H,11-13,15H2,1-4H3,(H,33,35)/t18?,23-,25?,29?/m0/s1. The van der Waals surface area contributed by atoms with Crippen molar-refractivity contribution in [2.24, 2.45) is 11.3 Å². The van der Waals surface area contributed by atoms with Crippen molar-refractivity contribution in [2.75, 3.05) is 0 Å². The fourth-order valence-corrected chi connectivity index (χ4v) is 5.12. The molecule has 3 amide bonds. The van der Waals surface area contributed by atoms with Crippen molar-refractivity contribution in [3.63, 3.8) is 0 Å². The van der Waals surface area contributed by atoms with Crippen molar-refractivity contribution in [3.05, 3.63) is 59.4 Å². The Morgan fingerprint density at radius 2 is 1.86 bits per heavy atom. The van der Waals surface area contributed by atoms with Gasteiger partial charge in [0.15, 0.2) is 0 Å². The first kappa shape index (κ1) is 26.2. The van der Waals surface area contributed by atoms with Gasteiger partial charge in [0.05, 0.1) is 17.7 Å². The topological polar surface area (TPSA) is 106 Å². The van der Waals surface area contributed by atoms with Crippen molar-refractivity contribution < 1.29 is 18.7 Å². The number of nitrogens with zero attached hydrogens (tertiary/aromatic N) is 3. The molecule has 8 heteroatoms. The number of ether oxygens (including phenoxy) is 1. The van der Waals surface area contributed by atoms with Gasteiger partial charge in [0.2, 0.25) is 0 Å². The number of halogens is 1. The lowest BCUT2D eigenvalue weighted by molar-refractivity contribution is 0.0234. The molecule has 0 radical (unpaired) electrons. The fraction of sp³-hybridized carbons (Fsp3) is 0.448. The molecular formula is C29H31FN4O3. The minimum Gasteiger partial charge on any atom is -0.443 e. The van der Waals surface area contributed by atoms with E-state index in [1.54, 1.807) is 57.2 Å². The number of benzene rings is 2. The van der Waals surface area contributed by atoms with E-state index in [2.05, 4.69) is 18.3 Å². The van der Waals surface area contributed by atoms with E-state index < -0.39 is 29.6 Å². The first-order valence-electron chi connectivity index (χ1n) is 12.5. The van der Waals surface area contributed by atoms with Gasteiger partial charge in [0, 0.05) is 6.42 Å². The first-order chi connectivity index (χ1) is 17.5. The Morgan fingerprint density at radius 1 is 1.19 bits per heavy atom. The molecule has 2 saturated carbocycles.